The minimum absolute atomic E-state index is 0.0775. The van der Waals surface area contributed by atoms with Crippen LogP contribution in [-0.2, 0) is 28.7 Å². The normalized spacial score (nSPS) is 26.1. The molecule has 3 fully saturated rings. The van der Waals surface area contributed by atoms with E-state index in [1.165, 1.54) is 0 Å². The van der Waals surface area contributed by atoms with Gasteiger partial charge in [-0.05, 0) is 56.9 Å². The molecule has 1 unspecified atom stereocenters. The van der Waals surface area contributed by atoms with E-state index in [9.17, 15) is 19.5 Å². The third kappa shape index (κ3) is 9.14. The molecule has 10 nitrogen and oxygen atoms in total. The van der Waals surface area contributed by atoms with Crippen LogP contribution in [0.25, 0.3) is 0 Å². The fraction of sp³-hybridized carbons (Fsp3) is 0.650. The lowest BCUT2D eigenvalue weighted by atomic mass is 9.70. The van der Waals surface area contributed by atoms with Gasteiger partial charge in [-0.25, -0.2) is 0 Å². The van der Waals surface area contributed by atoms with Crippen LogP contribution in [0.5, 0.6) is 0 Å². The van der Waals surface area contributed by atoms with E-state index in [0.717, 1.165) is 18.4 Å². The fourth-order valence-corrected chi connectivity index (χ4v) is 9.59. The number of hydrogen-bond acceptors (Lipinski definition) is 7. The quantitative estimate of drug-likeness (QED) is 0.0779. The van der Waals surface area contributed by atoms with E-state index in [1.807, 2.05) is 35.2 Å². The molecule has 11 heteroatoms. The minimum atomic E-state index is -1.21. The van der Waals surface area contributed by atoms with Gasteiger partial charge in [0.2, 0.25) is 17.7 Å². The Morgan fingerprint density at radius 2 is 1.80 bits per heavy atom. The summed E-state index contributed by atoms with van der Waals surface area (Å²) in [6.07, 6.45) is 7.42. The molecule has 3 amide bonds. The number of aliphatic hydroxyl groups excluding tert-OH is 1. The topological polar surface area (TPSA) is 125 Å². The molecule has 1 aromatic carbocycles. The van der Waals surface area contributed by atoms with Crippen molar-refractivity contribution in [3.63, 3.8) is 0 Å². The zero-order valence-electron chi connectivity index (χ0n) is 31.1. The number of ether oxygens (including phenoxy) is 2. The molecule has 51 heavy (non-hydrogen) atoms. The molecule has 0 aromatic heterocycles. The van der Waals surface area contributed by atoms with Gasteiger partial charge in [-0.1, -0.05) is 92.0 Å². The number of amides is 3. The van der Waals surface area contributed by atoms with Crippen LogP contribution < -0.4 is 5.32 Å². The molecule has 0 radical (unpaired) electrons. The zero-order valence-corrected chi connectivity index (χ0v) is 32.7. The van der Waals surface area contributed by atoms with Gasteiger partial charge in [-0.2, -0.15) is 0 Å². The molecule has 7 atom stereocenters. The van der Waals surface area contributed by atoms with Crippen molar-refractivity contribution in [1.82, 2.24) is 15.1 Å². The standard InChI is InChI=1S/C40H58BrN3O7/c1-8-10-20-30(46)50-25-29(27-18-14-13-15-19-27)42-35(47)31-32-36(48)43(22-16-11-12-17-23-45)34(40(32)24-28(41)33(31)51-40)37(49)44(21-9-2)39(6,7)26-38(3,4)5/h8-9,13-15,18-19,28-29,31-34,45H,1-2,10-12,16-17,20-26H2,3-7H3,(H,42,47)/t28?,29-,31-,32+,33-,34-,40+/m0/s1. The molecule has 1 spiro atoms. The number of nitrogens with zero attached hydrogens (tertiary/aromatic N) is 2. The first-order valence-electron chi connectivity index (χ1n) is 18.4. The molecule has 3 saturated heterocycles. The molecular weight excluding hydrogens is 714 g/mol. The molecule has 282 valence electrons. The van der Waals surface area contributed by atoms with Gasteiger partial charge in [0, 0.05) is 36.5 Å². The Morgan fingerprint density at radius 3 is 2.43 bits per heavy atom. The average molecular weight is 773 g/mol. The van der Waals surface area contributed by atoms with Crippen LogP contribution in [0.4, 0.5) is 0 Å². The van der Waals surface area contributed by atoms with Crippen LogP contribution in [0, 0.1) is 17.3 Å². The number of likely N-dealkylation sites (tertiary alicyclic amines) is 1. The summed E-state index contributed by atoms with van der Waals surface area (Å²) in [5.41, 5.74) is -1.10. The third-order valence-electron chi connectivity index (χ3n) is 10.4. The highest BCUT2D eigenvalue weighted by atomic mass is 79.9. The first kappa shape index (κ1) is 40.7. The molecule has 2 bridgehead atoms. The third-order valence-corrected chi connectivity index (χ3v) is 11.2. The van der Waals surface area contributed by atoms with Gasteiger partial charge in [0.15, 0.2) is 0 Å². The summed E-state index contributed by atoms with van der Waals surface area (Å²) < 4.78 is 12.4. The van der Waals surface area contributed by atoms with Gasteiger partial charge in [0.05, 0.1) is 24.0 Å². The Balaban J connectivity index is 1.70. The maximum atomic E-state index is 15.1. The van der Waals surface area contributed by atoms with Crippen LogP contribution in [0.1, 0.15) is 97.6 Å². The molecule has 2 N–H and O–H groups in total. The number of carbonyl (C=O) groups excluding carboxylic acids is 4. The summed E-state index contributed by atoms with van der Waals surface area (Å²) in [6.45, 7) is 18.8. The Hall–Kier alpha value is -3.02. The maximum absolute atomic E-state index is 15.1. The van der Waals surface area contributed by atoms with Gasteiger partial charge < -0.3 is 29.7 Å². The number of halogens is 1. The lowest BCUT2D eigenvalue weighted by Crippen LogP contribution is -2.61. The summed E-state index contributed by atoms with van der Waals surface area (Å²) >= 11 is 3.79. The summed E-state index contributed by atoms with van der Waals surface area (Å²) in [5, 5.41) is 12.4. The molecular formula is C40H58BrN3O7. The fourth-order valence-electron chi connectivity index (χ4n) is 8.64. The second-order valence-corrected chi connectivity index (χ2v) is 17.3. The number of aliphatic hydroxyl groups is 1. The number of esters is 1. The van der Waals surface area contributed by atoms with E-state index in [2.05, 4.69) is 69.0 Å². The Bertz CT molecular complexity index is 1410. The number of carbonyl (C=O) groups is 4. The van der Waals surface area contributed by atoms with Gasteiger partial charge in [-0.3, -0.25) is 19.2 Å². The summed E-state index contributed by atoms with van der Waals surface area (Å²) in [5.74, 6) is -2.98. The second-order valence-electron chi connectivity index (χ2n) is 16.1. The lowest BCUT2D eigenvalue weighted by Gasteiger charge is -2.45. The van der Waals surface area contributed by atoms with Crippen LogP contribution in [0.3, 0.4) is 0 Å². The molecule has 1 aromatic rings. The summed E-state index contributed by atoms with van der Waals surface area (Å²) in [6, 6.07) is 7.70. The highest BCUT2D eigenvalue weighted by Crippen LogP contribution is 2.60. The number of unbranched alkanes of at least 4 members (excludes halogenated alkanes) is 3. The number of hydrogen-bond donors (Lipinski definition) is 2. The number of rotatable bonds is 19. The van der Waals surface area contributed by atoms with Gasteiger partial charge in [0.25, 0.3) is 0 Å². The van der Waals surface area contributed by atoms with Gasteiger partial charge in [0.1, 0.15) is 18.2 Å². The monoisotopic (exact) mass is 771 g/mol. The molecule has 3 aliphatic rings. The number of alkyl halides is 1. The van der Waals surface area contributed by atoms with Crippen LogP contribution in [0.15, 0.2) is 55.6 Å². The van der Waals surface area contributed by atoms with Crippen molar-refractivity contribution < 1.29 is 33.8 Å². The van der Waals surface area contributed by atoms with Crippen molar-refractivity contribution in [2.24, 2.45) is 17.3 Å². The van der Waals surface area contributed by atoms with Crippen LogP contribution in [0.2, 0.25) is 0 Å². The number of nitrogens with one attached hydrogen (secondary N) is 1. The largest absolute Gasteiger partial charge is 0.463 e. The first-order valence-corrected chi connectivity index (χ1v) is 19.3. The highest BCUT2D eigenvalue weighted by molar-refractivity contribution is 9.09. The van der Waals surface area contributed by atoms with E-state index in [0.29, 0.717) is 45.2 Å². The first-order chi connectivity index (χ1) is 24.1. The number of benzene rings is 1. The van der Waals surface area contributed by atoms with Crippen molar-refractivity contribution in [2.45, 2.75) is 120 Å². The predicted molar refractivity (Wildman–Crippen MR) is 201 cm³/mol. The van der Waals surface area contributed by atoms with E-state index < -0.39 is 47.1 Å². The Kier molecular flexibility index (Phi) is 13.7. The van der Waals surface area contributed by atoms with Crippen molar-refractivity contribution in [3.05, 3.63) is 61.2 Å². The lowest BCUT2D eigenvalue weighted by molar-refractivity contribution is -0.153. The second kappa shape index (κ2) is 17.2. The summed E-state index contributed by atoms with van der Waals surface area (Å²) in [7, 11) is 0. The average Bonchev–Trinajstić information content (AvgIpc) is 3.66. The number of allylic oxidation sites excluding steroid dienone is 1. The van der Waals surface area contributed by atoms with E-state index in [-0.39, 0.29) is 47.6 Å². The van der Waals surface area contributed by atoms with Gasteiger partial charge >= 0.3 is 5.97 Å². The van der Waals surface area contributed by atoms with E-state index in [4.69, 9.17) is 9.47 Å². The Labute approximate surface area is 312 Å². The van der Waals surface area contributed by atoms with E-state index >= 15 is 4.79 Å². The smallest absolute Gasteiger partial charge is 0.306 e. The highest BCUT2D eigenvalue weighted by Gasteiger charge is 2.76. The molecule has 4 rings (SSSR count). The van der Waals surface area contributed by atoms with Crippen molar-refractivity contribution >= 4 is 39.6 Å². The molecule has 0 aliphatic carbocycles. The van der Waals surface area contributed by atoms with Gasteiger partial charge in [-0.15, -0.1) is 13.2 Å². The van der Waals surface area contributed by atoms with Crippen LogP contribution in [-0.4, -0.2) is 93.0 Å². The minimum Gasteiger partial charge on any atom is -0.463 e. The SMILES string of the molecule is C=CCCC(=O)OC[C@H](NC(=O)[C@@H]1[C@H]2O[C@@]3(CC2Br)[C@H](C(=O)N(CC=C)C(C)(C)CC(C)(C)C)N(CCCCCCO)C(=O)[C@@H]13)c1ccccc1. The summed E-state index contributed by atoms with van der Waals surface area (Å²) in [4.78, 5) is 59.9. The number of fused-ring (bicyclic) bond motifs is 1. The Morgan fingerprint density at radius 1 is 1.12 bits per heavy atom. The molecule has 3 heterocycles. The zero-order chi connectivity index (χ0) is 37.6. The predicted octanol–water partition coefficient (Wildman–Crippen LogP) is 5.88. The van der Waals surface area contributed by atoms with E-state index in [1.54, 1.807) is 17.1 Å². The molecule has 0 saturated carbocycles. The molecule has 3 aliphatic heterocycles. The van der Waals surface area contributed by atoms with Crippen molar-refractivity contribution in [1.29, 1.82) is 0 Å². The van der Waals surface area contributed by atoms with Crippen LogP contribution >= 0.6 is 15.9 Å². The van der Waals surface area contributed by atoms with Crippen molar-refractivity contribution in [3.8, 4) is 0 Å². The maximum Gasteiger partial charge on any atom is 0.306 e. The van der Waals surface area contributed by atoms with Crippen molar-refractivity contribution in [2.75, 3.05) is 26.3 Å².